The number of aliphatic hydroxyl groups excluding tert-OH is 1. The van der Waals surface area contributed by atoms with E-state index in [0.29, 0.717) is 12.3 Å². The first-order valence-electron chi connectivity index (χ1n) is 5.76. The molecule has 2 fully saturated rings. The first kappa shape index (κ1) is 11.2. The quantitative estimate of drug-likeness (QED) is 0.730. The molecule has 15 heavy (non-hydrogen) atoms. The number of amides is 1. The number of likely N-dealkylation sites (tertiary alicyclic amines) is 1. The summed E-state index contributed by atoms with van der Waals surface area (Å²) >= 11 is 5.77. The Labute approximate surface area is 95.4 Å². The highest BCUT2D eigenvalue weighted by atomic mass is 35.5. The van der Waals surface area contributed by atoms with Crippen LogP contribution in [0.15, 0.2) is 0 Å². The van der Waals surface area contributed by atoms with Gasteiger partial charge in [-0.1, -0.05) is 12.8 Å². The fraction of sp³-hybridized carbons (Fsp3) is 0.909. The number of rotatable bonds is 2. The van der Waals surface area contributed by atoms with Crippen molar-refractivity contribution in [3.8, 4) is 0 Å². The Bertz CT molecular complexity index is 247. The summed E-state index contributed by atoms with van der Waals surface area (Å²) < 4.78 is 0. The molecule has 2 aliphatic rings. The molecule has 0 aromatic rings. The minimum atomic E-state index is -0.322. The van der Waals surface area contributed by atoms with Gasteiger partial charge in [0.1, 0.15) is 0 Å². The maximum Gasteiger partial charge on any atom is 0.223 e. The van der Waals surface area contributed by atoms with E-state index in [9.17, 15) is 9.90 Å². The van der Waals surface area contributed by atoms with Crippen LogP contribution < -0.4 is 0 Å². The smallest absolute Gasteiger partial charge is 0.223 e. The lowest BCUT2D eigenvalue weighted by Crippen LogP contribution is -2.46. The molecule has 3 unspecified atom stereocenters. The van der Waals surface area contributed by atoms with E-state index in [0.717, 1.165) is 32.2 Å². The molecule has 1 amide bonds. The average molecular weight is 232 g/mol. The number of alkyl halides is 1. The molecule has 0 aromatic heterocycles. The Morgan fingerprint density at radius 3 is 2.73 bits per heavy atom. The standard InChI is InChI=1S/C11H18ClNO2/c12-6-8-5-11(15)13(7-8)9-3-1-2-4-10(9)14/h8-10,14H,1-7H2. The van der Waals surface area contributed by atoms with Crippen molar-refractivity contribution in [2.75, 3.05) is 12.4 Å². The first-order chi connectivity index (χ1) is 7.22. The van der Waals surface area contributed by atoms with E-state index in [-0.39, 0.29) is 24.0 Å². The maximum atomic E-state index is 11.7. The molecule has 3 nitrogen and oxygen atoms in total. The van der Waals surface area contributed by atoms with E-state index < -0.39 is 0 Å². The minimum Gasteiger partial charge on any atom is -0.391 e. The van der Waals surface area contributed by atoms with Crippen molar-refractivity contribution >= 4 is 17.5 Å². The molecule has 4 heteroatoms. The third-order valence-corrected chi connectivity index (χ3v) is 3.99. The van der Waals surface area contributed by atoms with Gasteiger partial charge in [-0.25, -0.2) is 0 Å². The third-order valence-electron chi connectivity index (χ3n) is 3.55. The minimum absolute atomic E-state index is 0.0551. The Balaban J connectivity index is 2.00. The second kappa shape index (κ2) is 4.71. The van der Waals surface area contributed by atoms with Crippen LogP contribution in [0.25, 0.3) is 0 Å². The molecule has 1 heterocycles. The van der Waals surface area contributed by atoms with E-state index >= 15 is 0 Å². The molecule has 0 aromatic carbocycles. The molecule has 1 saturated heterocycles. The summed E-state index contributed by atoms with van der Waals surface area (Å²) in [4.78, 5) is 13.6. The van der Waals surface area contributed by atoms with Crippen LogP contribution in [-0.4, -0.2) is 40.5 Å². The van der Waals surface area contributed by atoms with Crippen LogP contribution >= 0.6 is 11.6 Å². The zero-order valence-corrected chi connectivity index (χ0v) is 9.62. The van der Waals surface area contributed by atoms with Crippen molar-refractivity contribution in [3.63, 3.8) is 0 Å². The maximum absolute atomic E-state index is 11.7. The molecule has 1 aliphatic carbocycles. The fourth-order valence-corrected chi connectivity index (χ4v) is 2.89. The largest absolute Gasteiger partial charge is 0.391 e. The van der Waals surface area contributed by atoms with Crippen LogP contribution in [0.4, 0.5) is 0 Å². The van der Waals surface area contributed by atoms with E-state index in [2.05, 4.69) is 0 Å². The topological polar surface area (TPSA) is 40.5 Å². The number of halogens is 1. The number of carbonyl (C=O) groups excluding carboxylic acids is 1. The second-order valence-electron chi connectivity index (χ2n) is 4.69. The lowest BCUT2D eigenvalue weighted by Gasteiger charge is -2.35. The van der Waals surface area contributed by atoms with Gasteiger partial charge < -0.3 is 10.0 Å². The van der Waals surface area contributed by atoms with Gasteiger partial charge in [-0.3, -0.25) is 4.79 Å². The van der Waals surface area contributed by atoms with Crippen molar-refractivity contribution in [3.05, 3.63) is 0 Å². The van der Waals surface area contributed by atoms with E-state index in [1.807, 2.05) is 4.90 Å². The predicted octanol–water partition coefficient (Wildman–Crippen LogP) is 1.38. The summed E-state index contributed by atoms with van der Waals surface area (Å²) in [5, 5.41) is 9.88. The van der Waals surface area contributed by atoms with E-state index in [1.165, 1.54) is 0 Å². The van der Waals surface area contributed by atoms with Crippen LogP contribution in [0.3, 0.4) is 0 Å². The van der Waals surface area contributed by atoms with Gasteiger partial charge >= 0.3 is 0 Å². The summed E-state index contributed by atoms with van der Waals surface area (Å²) in [6, 6.07) is 0.0551. The molecule has 3 atom stereocenters. The van der Waals surface area contributed by atoms with Crippen molar-refractivity contribution < 1.29 is 9.90 Å². The second-order valence-corrected chi connectivity index (χ2v) is 5.00. The summed E-state index contributed by atoms with van der Waals surface area (Å²) in [7, 11) is 0. The average Bonchev–Trinajstić information content (AvgIpc) is 2.60. The number of hydrogen-bond acceptors (Lipinski definition) is 2. The summed E-state index contributed by atoms with van der Waals surface area (Å²) in [6.45, 7) is 0.740. The van der Waals surface area contributed by atoms with Gasteiger partial charge in [0.25, 0.3) is 0 Å². The Morgan fingerprint density at radius 2 is 2.13 bits per heavy atom. The van der Waals surface area contributed by atoms with Gasteiger partial charge in [-0.15, -0.1) is 11.6 Å². The van der Waals surface area contributed by atoms with Gasteiger partial charge in [0.2, 0.25) is 5.91 Å². The van der Waals surface area contributed by atoms with Gasteiger partial charge in [0.15, 0.2) is 0 Å². The van der Waals surface area contributed by atoms with Crippen LogP contribution in [0.5, 0.6) is 0 Å². The van der Waals surface area contributed by atoms with Crippen LogP contribution in [-0.2, 0) is 4.79 Å². The number of nitrogens with zero attached hydrogens (tertiary/aromatic N) is 1. The lowest BCUT2D eigenvalue weighted by molar-refractivity contribution is -0.133. The Hall–Kier alpha value is -0.280. The summed E-state index contributed by atoms with van der Waals surface area (Å²) in [5.74, 6) is 1.00. The van der Waals surface area contributed by atoms with Crippen molar-refractivity contribution in [1.29, 1.82) is 0 Å². The van der Waals surface area contributed by atoms with Crippen molar-refractivity contribution in [1.82, 2.24) is 4.90 Å². The van der Waals surface area contributed by atoms with Crippen molar-refractivity contribution in [2.24, 2.45) is 5.92 Å². The highest BCUT2D eigenvalue weighted by Gasteiger charge is 2.37. The summed E-state index contributed by atoms with van der Waals surface area (Å²) in [5.41, 5.74) is 0. The van der Waals surface area contributed by atoms with Crippen LogP contribution in [0.2, 0.25) is 0 Å². The molecular formula is C11H18ClNO2. The van der Waals surface area contributed by atoms with Gasteiger partial charge in [0, 0.05) is 18.8 Å². The van der Waals surface area contributed by atoms with Crippen molar-refractivity contribution in [2.45, 2.75) is 44.2 Å². The SMILES string of the molecule is O=C1CC(CCl)CN1C1CCCCC1O. The van der Waals surface area contributed by atoms with Crippen LogP contribution in [0.1, 0.15) is 32.1 Å². The molecular weight excluding hydrogens is 214 g/mol. The molecule has 0 bridgehead atoms. The van der Waals surface area contributed by atoms with Crippen LogP contribution in [0, 0.1) is 5.92 Å². The number of hydrogen-bond donors (Lipinski definition) is 1. The highest BCUT2D eigenvalue weighted by molar-refractivity contribution is 6.18. The van der Waals surface area contributed by atoms with E-state index in [1.54, 1.807) is 0 Å². The Kier molecular flexibility index (Phi) is 3.52. The monoisotopic (exact) mass is 231 g/mol. The molecule has 2 rings (SSSR count). The molecule has 1 N–H and O–H groups in total. The molecule has 1 aliphatic heterocycles. The molecule has 0 spiro atoms. The normalized spacial score (nSPS) is 37.3. The molecule has 86 valence electrons. The van der Waals surface area contributed by atoms with E-state index in [4.69, 9.17) is 11.6 Å². The van der Waals surface area contributed by atoms with Gasteiger partial charge in [-0.05, 0) is 18.8 Å². The number of aliphatic hydroxyl groups is 1. The zero-order chi connectivity index (χ0) is 10.8. The molecule has 1 saturated carbocycles. The molecule has 0 radical (unpaired) electrons. The Morgan fingerprint density at radius 1 is 1.40 bits per heavy atom. The van der Waals surface area contributed by atoms with Gasteiger partial charge in [0.05, 0.1) is 12.1 Å². The highest BCUT2D eigenvalue weighted by Crippen LogP contribution is 2.29. The van der Waals surface area contributed by atoms with Gasteiger partial charge in [-0.2, -0.15) is 0 Å². The third kappa shape index (κ3) is 2.28. The number of carbonyl (C=O) groups is 1. The summed E-state index contributed by atoms with van der Waals surface area (Å²) in [6.07, 6.45) is 4.22. The zero-order valence-electron chi connectivity index (χ0n) is 8.86. The first-order valence-corrected chi connectivity index (χ1v) is 6.29. The predicted molar refractivity (Wildman–Crippen MR) is 58.8 cm³/mol. The fourth-order valence-electron chi connectivity index (χ4n) is 2.69. The lowest BCUT2D eigenvalue weighted by atomic mass is 9.91.